The van der Waals surface area contributed by atoms with Crippen LogP contribution < -0.4 is 5.32 Å². The van der Waals surface area contributed by atoms with Gasteiger partial charge in [0, 0.05) is 30.4 Å². The van der Waals surface area contributed by atoms with Gasteiger partial charge in [0.15, 0.2) is 0 Å². The van der Waals surface area contributed by atoms with Crippen LogP contribution in [0.3, 0.4) is 0 Å². The fourth-order valence-electron chi connectivity index (χ4n) is 2.11. The summed E-state index contributed by atoms with van der Waals surface area (Å²) in [6.45, 7) is 1.93. The summed E-state index contributed by atoms with van der Waals surface area (Å²) in [6, 6.07) is 8.14. The summed E-state index contributed by atoms with van der Waals surface area (Å²) >= 11 is 7.49. The highest BCUT2D eigenvalue weighted by molar-refractivity contribution is 7.99. The van der Waals surface area contributed by atoms with Gasteiger partial charge in [-0.25, -0.2) is 0 Å². The molecule has 0 spiro atoms. The van der Waals surface area contributed by atoms with E-state index in [1.807, 2.05) is 36.2 Å². The van der Waals surface area contributed by atoms with Gasteiger partial charge in [0.25, 0.3) is 0 Å². The van der Waals surface area contributed by atoms with Crippen molar-refractivity contribution in [3.63, 3.8) is 0 Å². The molecule has 5 heteroatoms. The number of benzene rings is 1. The van der Waals surface area contributed by atoms with Crippen molar-refractivity contribution in [3.8, 4) is 0 Å². The standard InChI is InChI=1S/C14H19ClN2OS/c1-17(13-6-7-16-8-13)14(18)10-19-9-11-2-4-12(15)5-3-11/h2-5,13,16H,6-10H2,1H3. The normalized spacial score (nSPS) is 18.5. The van der Waals surface area contributed by atoms with Crippen LogP contribution in [0.5, 0.6) is 0 Å². The minimum atomic E-state index is 0.215. The molecule has 19 heavy (non-hydrogen) atoms. The summed E-state index contributed by atoms with van der Waals surface area (Å²) in [7, 11) is 1.91. The first-order valence-electron chi connectivity index (χ1n) is 6.45. The number of nitrogens with one attached hydrogen (secondary N) is 1. The fourth-order valence-corrected chi connectivity index (χ4v) is 3.15. The Balaban J connectivity index is 1.72. The average molecular weight is 299 g/mol. The molecule has 104 valence electrons. The third kappa shape index (κ3) is 4.41. The van der Waals surface area contributed by atoms with Crippen molar-refractivity contribution in [1.29, 1.82) is 0 Å². The highest BCUT2D eigenvalue weighted by Gasteiger charge is 2.22. The van der Waals surface area contributed by atoms with Crippen LogP contribution in [-0.4, -0.2) is 42.7 Å². The number of carbonyl (C=O) groups is 1. The molecule has 0 radical (unpaired) electrons. The van der Waals surface area contributed by atoms with E-state index in [0.29, 0.717) is 11.8 Å². The minimum Gasteiger partial charge on any atom is -0.341 e. The molecule has 3 nitrogen and oxygen atoms in total. The quantitative estimate of drug-likeness (QED) is 0.906. The number of hydrogen-bond acceptors (Lipinski definition) is 3. The molecule has 0 saturated carbocycles. The maximum atomic E-state index is 12.0. The van der Waals surface area contributed by atoms with E-state index in [1.165, 1.54) is 5.56 Å². The lowest BCUT2D eigenvalue weighted by Gasteiger charge is -2.23. The van der Waals surface area contributed by atoms with Crippen molar-refractivity contribution in [2.45, 2.75) is 18.2 Å². The average Bonchev–Trinajstić information content (AvgIpc) is 2.94. The maximum Gasteiger partial charge on any atom is 0.232 e. The van der Waals surface area contributed by atoms with Crippen LogP contribution in [0.2, 0.25) is 5.02 Å². The van der Waals surface area contributed by atoms with Crippen molar-refractivity contribution in [2.24, 2.45) is 0 Å². The SMILES string of the molecule is CN(C(=O)CSCc1ccc(Cl)cc1)C1CCNC1. The highest BCUT2D eigenvalue weighted by atomic mass is 35.5. The van der Waals surface area contributed by atoms with Crippen LogP contribution in [0.4, 0.5) is 0 Å². The number of amides is 1. The molecule has 1 N–H and O–H groups in total. The summed E-state index contributed by atoms with van der Waals surface area (Å²) in [5, 5.41) is 4.03. The molecule has 1 atom stereocenters. The molecular weight excluding hydrogens is 280 g/mol. The zero-order chi connectivity index (χ0) is 13.7. The van der Waals surface area contributed by atoms with E-state index in [0.717, 1.165) is 30.3 Å². The maximum absolute atomic E-state index is 12.0. The number of thioether (sulfide) groups is 1. The first kappa shape index (κ1) is 14.7. The number of carbonyl (C=O) groups excluding carboxylic acids is 1. The number of likely N-dealkylation sites (N-methyl/N-ethyl adjacent to an activating group) is 1. The lowest BCUT2D eigenvalue weighted by atomic mass is 10.2. The summed E-state index contributed by atoms with van der Waals surface area (Å²) in [6.07, 6.45) is 1.06. The van der Waals surface area contributed by atoms with E-state index in [9.17, 15) is 4.79 Å². The molecule has 0 bridgehead atoms. The fraction of sp³-hybridized carbons (Fsp3) is 0.500. The second-order valence-electron chi connectivity index (χ2n) is 4.77. The predicted molar refractivity (Wildman–Crippen MR) is 81.7 cm³/mol. The molecule has 1 aromatic rings. The Bertz CT molecular complexity index is 418. The van der Waals surface area contributed by atoms with Gasteiger partial charge in [0.2, 0.25) is 5.91 Å². The van der Waals surface area contributed by atoms with Crippen LogP contribution in [0.15, 0.2) is 24.3 Å². The third-order valence-corrected chi connectivity index (χ3v) is 4.62. The molecule has 1 amide bonds. The summed E-state index contributed by atoms with van der Waals surface area (Å²) in [4.78, 5) is 13.9. The van der Waals surface area contributed by atoms with Gasteiger partial charge in [-0.05, 0) is 30.7 Å². The third-order valence-electron chi connectivity index (χ3n) is 3.38. The zero-order valence-electron chi connectivity index (χ0n) is 11.1. The smallest absolute Gasteiger partial charge is 0.232 e. The second kappa shape index (κ2) is 7.17. The van der Waals surface area contributed by atoms with Gasteiger partial charge in [-0.1, -0.05) is 23.7 Å². The van der Waals surface area contributed by atoms with Crippen molar-refractivity contribution in [1.82, 2.24) is 10.2 Å². The Hall–Kier alpha value is -0.710. The Morgan fingerprint density at radius 1 is 1.47 bits per heavy atom. The van der Waals surface area contributed by atoms with Gasteiger partial charge >= 0.3 is 0 Å². The molecule has 1 heterocycles. The van der Waals surface area contributed by atoms with E-state index in [4.69, 9.17) is 11.6 Å². The Morgan fingerprint density at radius 3 is 2.84 bits per heavy atom. The van der Waals surface area contributed by atoms with Crippen LogP contribution >= 0.6 is 23.4 Å². The number of halogens is 1. The Labute approximate surface area is 123 Å². The van der Waals surface area contributed by atoms with Gasteiger partial charge < -0.3 is 10.2 Å². The summed E-state index contributed by atoms with van der Waals surface area (Å²) in [5.41, 5.74) is 1.20. The predicted octanol–water partition coefficient (Wildman–Crippen LogP) is 2.39. The van der Waals surface area contributed by atoms with Gasteiger partial charge in [-0.3, -0.25) is 4.79 Å². The lowest BCUT2D eigenvalue weighted by Crippen LogP contribution is -2.39. The highest BCUT2D eigenvalue weighted by Crippen LogP contribution is 2.16. The number of rotatable bonds is 5. The van der Waals surface area contributed by atoms with Crippen molar-refractivity contribution in [2.75, 3.05) is 25.9 Å². The molecule has 0 aliphatic carbocycles. The zero-order valence-corrected chi connectivity index (χ0v) is 12.6. The molecule has 1 aliphatic heterocycles. The molecular formula is C14H19ClN2OS. The van der Waals surface area contributed by atoms with E-state index in [-0.39, 0.29) is 5.91 Å². The largest absolute Gasteiger partial charge is 0.341 e. The van der Waals surface area contributed by atoms with E-state index < -0.39 is 0 Å². The minimum absolute atomic E-state index is 0.215. The van der Waals surface area contributed by atoms with Gasteiger partial charge in [0.1, 0.15) is 0 Å². The molecule has 1 unspecified atom stereocenters. The Morgan fingerprint density at radius 2 is 2.21 bits per heavy atom. The lowest BCUT2D eigenvalue weighted by molar-refractivity contribution is -0.128. The Kier molecular flexibility index (Phi) is 5.55. The van der Waals surface area contributed by atoms with Crippen molar-refractivity contribution in [3.05, 3.63) is 34.9 Å². The number of nitrogens with zero attached hydrogens (tertiary/aromatic N) is 1. The van der Waals surface area contributed by atoms with E-state index in [2.05, 4.69) is 5.32 Å². The van der Waals surface area contributed by atoms with E-state index in [1.54, 1.807) is 11.8 Å². The monoisotopic (exact) mass is 298 g/mol. The summed E-state index contributed by atoms with van der Waals surface area (Å²) < 4.78 is 0. The number of hydrogen-bond donors (Lipinski definition) is 1. The van der Waals surface area contributed by atoms with Gasteiger partial charge in [0.05, 0.1) is 5.75 Å². The van der Waals surface area contributed by atoms with Gasteiger partial charge in [-0.15, -0.1) is 11.8 Å². The molecule has 1 aromatic carbocycles. The first-order chi connectivity index (χ1) is 9.16. The molecule has 2 rings (SSSR count). The van der Waals surface area contributed by atoms with E-state index >= 15 is 0 Å². The first-order valence-corrected chi connectivity index (χ1v) is 7.98. The van der Waals surface area contributed by atoms with Crippen LogP contribution in [0, 0.1) is 0 Å². The molecule has 1 saturated heterocycles. The summed E-state index contributed by atoms with van der Waals surface area (Å²) in [5.74, 6) is 1.60. The van der Waals surface area contributed by atoms with Gasteiger partial charge in [-0.2, -0.15) is 0 Å². The van der Waals surface area contributed by atoms with Crippen molar-refractivity contribution < 1.29 is 4.79 Å². The van der Waals surface area contributed by atoms with Crippen LogP contribution in [0.25, 0.3) is 0 Å². The molecule has 1 aliphatic rings. The van der Waals surface area contributed by atoms with Crippen LogP contribution in [0.1, 0.15) is 12.0 Å². The molecule has 1 fully saturated rings. The second-order valence-corrected chi connectivity index (χ2v) is 6.19. The molecule has 0 aromatic heterocycles. The van der Waals surface area contributed by atoms with Crippen molar-refractivity contribution >= 4 is 29.3 Å². The topological polar surface area (TPSA) is 32.3 Å². The van der Waals surface area contributed by atoms with Crippen LogP contribution in [-0.2, 0) is 10.5 Å².